The number of sulfonamides is 1. The van der Waals surface area contributed by atoms with Gasteiger partial charge in [0.05, 0.1) is 31.4 Å². The molecule has 1 N–H and O–H groups in total. The van der Waals surface area contributed by atoms with E-state index in [1.165, 1.54) is 15.9 Å². The van der Waals surface area contributed by atoms with Crippen LogP contribution >= 0.6 is 23.2 Å². The molecule has 2 saturated heterocycles. The van der Waals surface area contributed by atoms with Crippen molar-refractivity contribution < 1.29 is 31.9 Å². The van der Waals surface area contributed by atoms with E-state index in [1.807, 2.05) is 0 Å². The summed E-state index contributed by atoms with van der Waals surface area (Å²) in [5, 5.41) is 3.71. The Bertz CT molecular complexity index is 1800. The lowest BCUT2D eigenvalue weighted by molar-refractivity contribution is -0.123. The van der Waals surface area contributed by atoms with Crippen molar-refractivity contribution in [2.75, 3.05) is 52.5 Å². The highest BCUT2D eigenvalue weighted by Gasteiger charge is 2.46. The molecule has 0 aromatic heterocycles. The first-order valence-corrected chi connectivity index (χ1v) is 17.3. The van der Waals surface area contributed by atoms with E-state index < -0.39 is 38.9 Å². The van der Waals surface area contributed by atoms with Crippen LogP contribution in [0, 0.1) is 5.82 Å². The van der Waals surface area contributed by atoms with E-state index in [-0.39, 0.29) is 75.6 Å². The molecule has 2 atom stereocenters. The third-order valence-corrected chi connectivity index (χ3v) is 10.6. The van der Waals surface area contributed by atoms with Gasteiger partial charge < -0.3 is 19.7 Å². The normalized spacial score (nSPS) is 20.6. The monoisotopic (exact) mass is 703 g/mol. The third-order valence-electron chi connectivity index (χ3n) is 8.17. The van der Waals surface area contributed by atoms with Crippen molar-refractivity contribution in [2.45, 2.75) is 23.9 Å². The van der Waals surface area contributed by atoms with Crippen molar-refractivity contribution in [3.8, 4) is 5.75 Å². The van der Waals surface area contributed by atoms with Gasteiger partial charge in [0.25, 0.3) is 0 Å². The summed E-state index contributed by atoms with van der Waals surface area (Å²) in [4.78, 5) is 34.3. The molecule has 3 aromatic carbocycles. The number of morpholine rings is 1. The number of aliphatic imine (C=N–C) groups is 1. The fourth-order valence-corrected chi connectivity index (χ4v) is 7.65. The van der Waals surface area contributed by atoms with Crippen LogP contribution in [0.5, 0.6) is 5.75 Å². The zero-order valence-electron chi connectivity index (χ0n) is 25.4. The summed E-state index contributed by atoms with van der Waals surface area (Å²) in [6.07, 6.45) is 0. The van der Waals surface area contributed by atoms with E-state index in [0.29, 0.717) is 21.2 Å². The molecule has 3 aromatic rings. The average molecular weight is 705 g/mol. The van der Waals surface area contributed by atoms with Crippen LogP contribution in [0.1, 0.15) is 35.7 Å². The van der Waals surface area contributed by atoms with Crippen LogP contribution in [0.4, 0.5) is 9.18 Å². The SMILES string of the molecule is CCOc1cc(F)c(S(=O)(=O)N2CCOCC2)cc1C1=N[C@@H](c2ccc(Cl)cc2)[C@@H](c2ccc(Cl)cc2)N1C(=O)N1CCNC(=O)C1. The molecule has 3 aliphatic rings. The molecule has 2 fully saturated rings. The maximum absolute atomic E-state index is 15.7. The van der Waals surface area contributed by atoms with Crippen molar-refractivity contribution in [2.24, 2.45) is 4.99 Å². The summed E-state index contributed by atoms with van der Waals surface area (Å²) in [7, 11) is -4.31. The molecular formula is C32H32Cl2FN5O6S. The van der Waals surface area contributed by atoms with Gasteiger partial charge in [0.1, 0.15) is 34.9 Å². The number of carbonyl (C=O) groups is 2. The zero-order chi connectivity index (χ0) is 33.3. The Morgan fingerprint density at radius 1 is 1.02 bits per heavy atom. The second-order valence-electron chi connectivity index (χ2n) is 11.1. The first kappa shape index (κ1) is 33.2. The van der Waals surface area contributed by atoms with Gasteiger partial charge >= 0.3 is 6.03 Å². The summed E-state index contributed by atoms with van der Waals surface area (Å²) < 4.78 is 55.6. The molecule has 0 bridgehead atoms. The van der Waals surface area contributed by atoms with Gasteiger partial charge in [-0.3, -0.25) is 14.7 Å². The van der Waals surface area contributed by atoms with Gasteiger partial charge in [-0.05, 0) is 48.4 Å². The van der Waals surface area contributed by atoms with Crippen LogP contribution in [0.15, 0.2) is 70.6 Å². The summed E-state index contributed by atoms with van der Waals surface area (Å²) in [6.45, 7) is 2.58. The summed E-state index contributed by atoms with van der Waals surface area (Å²) in [6, 6.07) is 14.1. The van der Waals surface area contributed by atoms with Gasteiger partial charge in [0.2, 0.25) is 15.9 Å². The Labute approximate surface area is 281 Å². The molecule has 3 amide bonds. The van der Waals surface area contributed by atoms with Crippen molar-refractivity contribution in [1.29, 1.82) is 0 Å². The summed E-state index contributed by atoms with van der Waals surface area (Å²) >= 11 is 12.5. The van der Waals surface area contributed by atoms with E-state index in [2.05, 4.69) is 5.32 Å². The van der Waals surface area contributed by atoms with Gasteiger partial charge in [-0.2, -0.15) is 4.31 Å². The summed E-state index contributed by atoms with van der Waals surface area (Å²) in [5.41, 5.74) is 1.48. The van der Waals surface area contributed by atoms with E-state index in [9.17, 15) is 18.0 Å². The second-order valence-corrected chi connectivity index (χ2v) is 13.9. The van der Waals surface area contributed by atoms with Crippen molar-refractivity contribution in [3.05, 3.63) is 93.2 Å². The Morgan fingerprint density at radius 3 is 2.28 bits per heavy atom. The molecule has 0 unspecified atom stereocenters. The van der Waals surface area contributed by atoms with Crippen molar-refractivity contribution in [3.63, 3.8) is 0 Å². The molecule has 0 spiro atoms. The molecule has 248 valence electrons. The average Bonchev–Trinajstić information content (AvgIpc) is 3.46. The van der Waals surface area contributed by atoms with E-state index in [4.69, 9.17) is 37.7 Å². The van der Waals surface area contributed by atoms with Crippen molar-refractivity contribution in [1.82, 2.24) is 19.4 Å². The number of nitrogens with zero attached hydrogens (tertiary/aromatic N) is 4. The van der Waals surface area contributed by atoms with Gasteiger partial charge in [-0.25, -0.2) is 17.6 Å². The summed E-state index contributed by atoms with van der Waals surface area (Å²) in [5.74, 6) is -1.26. The lowest BCUT2D eigenvalue weighted by atomic mass is 9.93. The molecule has 6 rings (SSSR count). The van der Waals surface area contributed by atoms with Gasteiger partial charge in [0.15, 0.2) is 0 Å². The molecule has 0 aliphatic carbocycles. The molecule has 15 heteroatoms. The Balaban J connectivity index is 1.57. The molecule has 47 heavy (non-hydrogen) atoms. The maximum atomic E-state index is 15.7. The minimum absolute atomic E-state index is 0.00507. The standard InChI is InChI=1S/C32H32Cl2FN5O6S/c1-2-46-26-18-25(35)27(47(43,44)39-13-15-45-16-14-39)17-24(26)31-37-29(20-3-7-22(33)8-4-20)30(21-5-9-23(34)10-6-21)40(31)32(42)38-12-11-36-28(41)19-38/h3-10,17-18,29-30H,2,11-16,19H2,1H3,(H,36,41)/t29-,30+/m0/s1. The van der Waals surface area contributed by atoms with Gasteiger partial charge in [-0.15, -0.1) is 0 Å². The Morgan fingerprint density at radius 2 is 1.66 bits per heavy atom. The first-order chi connectivity index (χ1) is 22.6. The highest BCUT2D eigenvalue weighted by atomic mass is 35.5. The van der Waals surface area contributed by atoms with Crippen LogP contribution in [-0.4, -0.2) is 92.8 Å². The van der Waals surface area contributed by atoms with E-state index in [1.54, 1.807) is 55.5 Å². The van der Waals surface area contributed by atoms with Crippen LogP contribution in [0.3, 0.4) is 0 Å². The number of hydrogen-bond acceptors (Lipinski definition) is 7. The number of benzene rings is 3. The number of nitrogens with one attached hydrogen (secondary N) is 1. The third kappa shape index (κ3) is 6.68. The molecule has 3 aliphatic heterocycles. The topological polar surface area (TPSA) is 121 Å². The quantitative estimate of drug-likeness (QED) is 0.383. The number of ether oxygens (including phenoxy) is 2. The Hall–Kier alpha value is -3.75. The highest BCUT2D eigenvalue weighted by Crippen LogP contribution is 2.46. The van der Waals surface area contributed by atoms with Crippen LogP contribution in [0.2, 0.25) is 10.0 Å². The minimum atomic E-state index is -4.31. The minimum Gasteiger partial charge on any atom is -0.493 e. The van der Waals surface area contributed by atoms with E-state index >= 15 is 4.39 Å². The first-order valence-electron chi connectivity index (χ1n) is 15.1. The number of amides is 3. The fraction of sp³-hybridized carbons (Fsp3) is 0.344. The van der Waals surface area contributed by atoms with Crippen LogP contribution in [-0.2, 0) is 19.6 Å². The molecule has 11 nitrogen and oxygen atoms in total. The Kier molecular flexibility index (Phi) is 9.72. The molecule has 0 saturated carbocycles. The van der Waals surface area contributed by atoms with Crippen LogP contribution in [0.25, 0.3) is 0 Å². The van der Waals surface area contributed by atoms with Gasteiger partial charge in [-0.1, -0.05) is 47.5 Å². The number of hydrogen-bond donors (Lipinski definition) is 1. The van der Waals surface area contributed by atoms with Crippen molar-refractivity contribution >= 4 is 51.0 Å². The molecule has 3 heterocycles. The smallest absolute Gasteiger partial charge is 0.326 e. The number of amidine groups is 1. The highest BCUT2D eigenvalue weighted by molar-refractivity contribution is 7.89. The number of carbonyl (C=O) groups excluding carboxylic acids is 2. The lowest BCUT2D eigenvalue weighted by Crippen LogP contribution is -2.55. The number of halogens is 3. The number of urea groups is 1. The molecule has 0 radical (unpaired) electrons. The zero-order valence-corrected chi connectivity index (χ0v) is 27.7. The number of rotatable bonds is 7. The molecular weight excluding hydrogens is 672 g/mol. The number of piperazine rings is 1. The fourth-order valence-electron chi connectivity index (χ4n) is 5.92. The van der Waals surface area contributed by atoms with E-state index in [0.717, 1.165) is 10.4 Å². The van der Waals surface area contributed by atoms with Crippen LogP contribution < -0.4 is 10.1 Å². The van der Waals surface area contributed by atoms with Gasteiger partial charge in [0, 0.05) is 42.3 Å². The lowest BCUT2D eigenvalue weighted by Gasteiger charge is -2.36. The second kappa shape index (κ2) is 13.8. The maximum Gasteiger partial charge on any atom is 0.326 e. The predicted molar refractivity (Wildman–Crippen MR) is 174 cm³/mol. The largest absolute Gasteiger partial charge is 0.493 e. The predicted octanol–water partition coefficient (Wildman–Crippen LogP) is 4.65.